The first-order valence-corrected chi connectivity index (χ1v) is 6.97. The van der Waals surface area contributed by atoms with Crippen LogP contribution in [0.25, 0.3) is 0 Å². The Kier molecular flexibility index (Phi) is 3.26. The number of anilines is 1. The Balaban J connectivity index is 2.23. The molecule has 1 aromatic rings. The third-order valence-electron chi connectivity index (χ3n) is 2.94. The number of hydrogen-bond acceptors (Lipinski definition) is 4. The first kappa shape index (κ1) is 12.2. The topological polar surface area (TPSA) is 81.4 Å². The number of hydrogen-bond donors (Lipinski definition) is 2. The Morgan fingerprint density at radius 3 is 2.59 bits per heavy atom. The molecule has 2 rings (SSSR count). The van der Waals surface area contributed by atoms with Crippen LogP contribution in [0.1, 0.15) is 19.3 Å². The van der Waals surface area contributed by atoms with Gasteiger partial charge in [-0.05, 0) is 31.0 Å². The van der Waals surface area contributed by atoms with Gasteiger partial charge in [0, 0.05) is 6.04 Å². The summed E-state index contributed by atoms with van der Waals surface area (Å²) in [5.41, 5.74) is 6.01. The van der Waals surface area contributed by atoms with Crippen molar-refractivity contribution >= 4 is 15.7 Å². The van der Waals surface area contributed by atoms with Crippen molar-refractivity contribution in [2.75, 3.05) is 12.8 Å². The third-order valence-corrected chi connectivity index (χ3v) is 4.46. The summed E-state index contributed by atoms with van der Waals surface area (Å²) in [6, 6.07) is 4.55. The molecule has 0 atom stereocenters. The number of ether oxygens (including phenoxy) is 1. The molecule has 5 nitrogen and oxygen atoms in total. The molecule has 0 aromatic heterocycles. The SMILES string of the molecule is COc1ccc(S(=O)(=O)NC2CCC2)cc1N. The molecule has 0 unspecified atom stereocenters. The van der Waals surface area contributed by atoms with Crippen molar-refractivity contribution in [2.45, 2.75) is 30.2 Å². The zero-order valence-corrected chi connectivity index (χ0v) is 10.5. The van der Waals surface area contributed by atoms with E-state index in [2.05, 4.69) is 4.72 Å². The summed E-state index contributed by atoms with van der Waals surface area (Å²) >= 11 is 0. The molecule has 0 saturated heterocycles. The van der Waals surface area contributed by atoms with Gasteiger partial charge in [0.15, 0.2) is 0 Å². The van der Waals surface area contributed by atoms with E-state index in [0.29, 0.717) is 11.4 Å². The smallest absolute Gasteiger partial charge is 0.240 e. The molecule has 0 radical (unpaired) electrons. The molecule has 1 aromatic carbocycles. The fraction of sp³-hybridized carbons (Fsp3) is 0.455. The van der Waals surface area contributed by atoms with E-state index in [4.69, 9.17) is 10.5 Å². The number of nitrogens with one attached hydrogen (secondary N) is 1. The molecule has 94 valence electrons. The van der Waals surface area contributed by atoms with Crippen LogP contribution in [0, 0.1) is 0 Å². The van der Waals surface area contributed by atoms with Crippen LogP contribution in [0.3, 0.4) is 0 Å². The second-order valence-corrected chi connectivity index (χ2v) is 5.87. The summed E-state index contributed by atoms with van der Waals surface area (Å²) in [5.74, 6) is 0.479. The highest BCUT2D eigenvalue weighted by atomic mass is 32.2. The Morgan fingerprint density at radius 1 is 1.41 bits per heavy atom. The Hall–Kier alpha value is -1.27. The Labute approximate surface area is 101 Å². The zero-order valence-electron chi connectivity index (χ0n) is 9.64. The molecule has 0 spiro atoms. The fourth-order valence-corrected chi connectivity index (χ4v) is 3.03. The van der Waals surface area contributed by atoms with Crippen molar-refractivity contribution < 1.29 is 13.2 Å². The number of benzene rings is 1. The molecular weight excluding hydrogens is 240 g/mol. The summed E-state index contributed by atoms with van der Waals surface area (Å²) in [7, 11) is -1.96. The molecule has 1 fully saturated rings. The number of nitrogen functional groups attached to an aromatic ring is 1. The van der Waals surface area contributed by atoms with Crippen molar-refractivity contribution in [3.63, 3.8) is 0 Å². The molecule has 0 bridgehead atoms. The van der Waals surface area contributed by atoms with Crippen LogP contribution < -0.4 is 15.2 Å². The lowest BCUT2D eigenvalue weighted by Gasteiger charge is -2.26. The highest BCUT2D eigenvalue weighted by Crippen LogP contribution is 2.26. The Bertz CT molecular complexity index is 509. The monoisotopic (exact) mass is 256 g/mol. The van der Waals surface area contributed by atoms with E-state index in [-0.39, 0.29) is 10.9 Å². The largest absolute Gasteiger partial charge is 0.495 e. The predicted molar refractivity (Wildman–Crippen MR) is 65.4 cm³/mol. The van der Waals surface area contributed by atoms with Gasteiger partial charge < -0.3 is 10.5 Å². The fourth-order valence-electron chi connectivity index (χ4n) is 1.69. The van der Waals surface area contributed by atoms with Gasteiger partial charge >= 0.3 is 0 Å². The van der Waals surface area contributed by atoms with E-state index in [0.717, 1.165) is 19.3 Å². The molecule has 6 heteroatoms. The molecule has 1 aliphatic carbocycles. The molecule has 0 aliphatic heterocycles. The lowest BCUT2D eigenvalue weighted by Crippen LogP contribution is -2.39. The minimum atomic E-state index is -3.45. The minimum Gasteiger partial charge on any atom is -0.495 e. The second-order valence-electron chi connectivity index (χ2n) is 4.15. The highest BCUT2D eigenvalue weighted by Gasteiger charge is 2.24. The van der Waals surface area contributed by atoms with E-state index in [1.807, 2.05) is 0 Å². The van der Waals surface area contributed by atoms with Gasteiger partial charge in [0.2, 0.25) is 10.0 Å². The lowest BCUT2D eigenvalue weighted by atomic mass is 9.94. The summed E-state index contributed by atoms with van der Waals surface area (Å²) in [5, 5.41) is 0. The van der Waals surface area contributed by atoms with E-state index in [9.17, 15) is 8.42 Å². The summed E-state index contributed by atoms with van der Waals surface area (Å²) < 4.78 is 31.6. The maximum Gasteiger partial charge on any atom is 0.240 e. The molecule has 3 N–H and O–H groups in total. The van der Waals surface area contributed by atoms with Gasteiger partial charge in [0.05, 0.1) is 17.7 Å². The van der Waals surface area contributed by atoms with Crippen LogP contribution in [0.2, 0.25) is 0 Å². The summed E-state index contributed by atoms with van der Waals surface area (Å²) in [6.45, 7) is 0. The number of sulfonamides is 1. The van der Waals surface area contributed by atoms with E-state index >= 15 is 0 Å². The molecule has 0 amide bonds. The van der Waals surface area contributed by atoms with Gasteiger partial charge in [-0.3, -0.25) is 0 Å². The third kappa shape index (κ3) is 2.53. The van der Waals surface area contributed by atoms with Crippen molar-refractivity contribution in [1.29, 1.82) is 0 Å². The first-order valence-electron chi connectivity index (χ1n) is 5.49. The quantitative estimate of drug-likeness (QED) is 0.791. The highest BCUT2D eigenvalue weighted by molar-refractivity contribution is 7.89. The minimum absolute atomic E-state index is 0.0725. The van der Waals surface area contributed by atoms with E-state index < -0.39 is 10.0 Å². The first-order chi connectivity index (χ1) is 8.03. The van der Waals surface area contributed by atoms with Crippen molar-refractivity contribution in [3.8, 4) is 5.75 Å². The summed E-state index contributed by atoms with van der Waals surface area (Å²) in [4.78, 5) is 0.183. The molecule has 1 saturated carbocycles. The lowest BCUT2D eigenvalue weighted by molar-refractivity contribution is 0.383. The average molecular weight is 256 g/mol. The Morgan fingerprint density at radius 2 is 2.12 bits per heavy atom. The van der Waals surface area contributed by atoms with Crippen LogP contribution in [-0.4, -0.2) is 21.6 Å². The standard InChI is InChI=1S/C11H16N2O3S/c1-16-11-6-5-9(7-10(11)12)17(14,15)13-8-3-2-4-8/h5-8,13H,2-4,12H2,1H3. The maximum atomic E-state index is 12.0. The van der Waals surface area contributed by atoms with Crippen molar-refractivity contribution in [2.24, 2.45) is 0 Å². The van der Waals surface area contributed by atoms with Crippen molar-refractivity contribution in [1.82, 2.24) is 4.72 Å². The van der Waals surface area contributed by atoms with Crippen LogP contribution >= 0.6 is 0 Å². The van der Waals surface area contributed by atoms with Crippen LogP contribution in [0.4, 0.5) is 5.69 Å². The number of rotatable bonds is 4. The molecule has 0 heterocycles. The van der Waals surface area contributed by atoms with Gasteiger partial charge in [-0.25, -0.2) is 13.1 Å². The normalized spacial score (nSPS) is 16.5. The molecule has 1 aliphatic rings. The van der Waals surface area contributed by atoms with Crippen LogP contribution in [0.5, 0.6) is 5.75 Å². The van der Waals surface area contributed by atoms with Crippen LogP contribution in [0.15, 0.2) is 23.1 Å². The molecule has 17 heavy (non-hydrogen) atoms. The second kappa shape index (κ2) is 4.54. The molecular formula is C11H16N2O3S. The van der Waals surface area contributed by atoms with E-state index in [1.165, 1.54) is 19.2 Å². The van der Waals surface area contributed by atoms with Gasteiger partial charge in [-0.2, -0.15) is 0 Å². The van der Waals surface area contributed by atoms with E-state index in [1.54, 1.807) is 6.07 Å². The maximum absolute atomic E-state index is 12.0. The van der Waals surface area contributed by atoms with Gasteiger partial charge in [-0.15, -0.1) is 0 Å². The van der Waals surface area contributed by atoms with Gasteiger partial charge in [0.25, 0.3) is 0 Å². The number of methoxy groups -OCH3 is 1. The zero-order chi connectivity index (χ0) is 12.5. The van der Waals surface area contributed by atoms with Crippen molar-refractivity contribution in [3.05, 3.63) is 18.2 Å². The van der Waals surface area contributed by atoms with Gasteiger partial charge in [-0.1, -0.05) is 6.42 Å². The number of nitrogens with two attached hydrogens (primary N) is 1. The summed E-state index contributed by atoms with van der Waals surface area (Å²) in [6.07, 6.45) is 2.90. The van der Waals surface area contributed by atoms with Gasteiger partial charge in [0.1, 0.15) is 5.75 Å². The predicted octanol–water partition coefficient (Wildman–Crippen LogP) is 1.11. The average Bonchev–Trinajstić information content (AvgIpc) is 2.23. The van der Waals surface area contributed by atoms with Crippen LogP contribution in [-0.2, 0) is 10.0 Å².